The van der Waals surface area contributed by atoms with Crippen LogP contribution in [0.2, 0.25) is 0 Å². The first-order chi connectivity index (χ1) is 9.13. The van der Waals surface area contributed by atoms with Gasteiger partial charge in [-0.3, -0.25) is 5.32 Å². The highest BCUT2D eigenvalue weighted by atomic mass is 32.2. The van der Waals surface area contributed by atoms with Gasteiger partial charge in [0.1, 0.15) is 5.54 Å². The van der Waals surface area contributed by atoms with Crippen LogP contribution in [0.4, 0.5) is 0 Å². The fourth-order valence-electron chi connectivity index (χ4n) is 3.63. The van der Waals surface area contributed by atoms with E-state index in [0.29, 0.717) is 11.3 Å². The van der Waals surface area contributed by atoms with Gasteiger partial charge >= 0.3 is 0 Å². The minimum absolute atomic E-state index is 0.251. The molecule has 2 fully saturated rings. The average molecular weight is 280 g/mol. The molecule has 108 valence electrons. The van der Waals surface area contributed by atoms with Crippen molar-refractivity contribution >= 4 is 11.8 Å². The Balaban J connectivity index is 1.90. The highest BCUT2D eigenvalue weighted by Crippen LogP contribution is 2.40. The Kier molecular flexibility index (Phi) is 5.59. The molecule has 0 amide bonds. The van der Waals surface area contributed by atoms with Crippen LogP contribution < -0.4 is 5.32 Å². The molecule has 0 aromatic rings. The Morgan fingerprint density at radius 3 is 2.42 bits per heavy atom. The molecule has 2 saturated carbocycles. The van der Waals surface area contributed by atoms with E-state index in [0.717, 1.165) is 18.1 Å². The Bertz CT molecular complexity index is 317. The maximum Gasteiger partial charge on any atom is 0.108 e. The third-order valence-electron chi connectivity index (χ3n) is 4.42. The van der Waals surface area contributed by atoms with Gasteiger partial charge in [-0.25, -0.2) is 0 Å². The third kappa shape index (κ3) is 4.39. The third-order valence-corrected chi connectivity index (χ3v) is 6.07. The minimum atomic E-state index is -0.251. The molecule has 2 aliphatic rings. The summed E-state index contributed by atoms with van der Waals surface area (Å²) in [5, 5.41) is 14.7. The van der Waals surface area contributed by atoms with Crippen LogP contribution in [0.15, 0.2) is 0 Å². The first-order valence-electron chi connectivity index (χ1n) is 7.98. The summed E-state index contributed by atoms with van der Waals surface area (Å²) in [6.07, 6.45) is 11.7. The van der Waals surface area contributed by atoms with E-state index in [1.165, 1.54) is 44.9 Å². The van der Waals surface area contributed by atoms with Crippen molar-refractivity contribution in [3.05, 3.63) is 0 Å². The molecular weight excluding hydrogens is 252 g/mol. The predicted octanol–water partition coefficient (Wildman–Crippen LogP) is 4.26. The second kappa shape index (κ2) is 6.99. The highest BCUT2D eigenvalue weighted by Gasteiger charge is 2.37. The minimum Gasteiger partial charge on any atom is -0.297 e. The molecule has 2 nitrogen and oxygen atoms in total. The topological polar surface area (TPSA) is 35.8 Å². The summed E-state index contributed by atoms with van der Waals surface area (Å²) in [5.41, 5.74) is -0.251. The standard InChI is InChI=1S/C16H28N2S/c1-13(2)18-16(12-17)10-6-9-15(11-16)19-14-7-4-3-5-8-14/h13-15,18H,3-11H2,1-2H3. The van der Waals surface area contributed by atoms with Crippen LogP contribution >= 0.6 is 11.8 Å². The largest absolute Gasteiger partial charge is 0.297 e. The fourth-order valence-corrected chi connectivity index (χ4v) is 5.46. The van der Waals surface area contributed by atoms with Crippen molar-refractivity contribution in [3.63, 3.8) is 0 Å². The number of rotatable bonds is 4. The van der Waals surface area contributed by atoms with Gasteiger partial charge in [-0.1, -0.05) is 19.3 Å². The molecule has 0 heterocycles. The van der Waals surface area contributed by atoms with Gasteiger partial charge in [-0.2, -0.15) is 17.0 Å². The molecule has 0 radical (unpaired) electrons. The first-order valence-corrected chi connectivity index (χ1v) is 8.92. The van der Waals surface area contributed by atoms with Crippen molar-refractivity contribution in [1.29, 1.82) is 5.26 Å². The molecule has 2 atom stereocenters. The van der Waals surface area contributed by atoms with Gasteiger partial charge in [0, 0.05) is 16.5 Å². The number of nitriles is 1. The summed E-state index contributed by atoms with van der Waals surface area (Å²) in [7, 11) is 0. The lowest BCUT2D eigenvalue weighted by atomic mass is 9.82. The summed E-state index contributed by atoms with van der Waals surface area (Å²) in [6, 6.07) is 2.99. The van der Waals surface area contributed by atoms with E-state index in [-0.39, 0.29) is 5.54 Å². The SMILES string of the molecule is CC(C)NC1(C#N)CCCC(SC2CCCCC2)C1. The molecule has 3 heteroatoms. The monoisotopic (exact) mass is 280 g/mol. The van der Waals surface area contributed by atoms with Gasteiger partial charge in [0.25, 0.3) is 0 Å². The Morgan fingerprint density at radius 2 is 1.79 bits per heavy atom. The van der Waals surface area contributed by atoms with Crippen LogP contribution in [0.3, 0.4) is 0 Å². The predicted molar refractivity (Wildman–Crippen MR) is 83.3 cm³/mol. The zero-order chi connectivity index (χ0) is 13.7. The first kappa shape index (κ1) is 15.2. The molecule has 0 spiro atoms. The summed E-state index contributed by atoms with van der Waals surface area (Å²) in [6.45, 7) is 4.30. The zero-order valence-corrected chi connectivity index (χ0v) is 13.3. The molecule has 2 unspecified atom stereocenters. The smallest absolute Gasteiger partial charge is 0.108 e. The Morgan fingerprint density at radius 1 is 1.11 bits per heavy atom. The van der Waals surface area contributed by atoms with E-state index < -0.39 is 0 Å². The number of nitrogens with one attached hydrogen (secondary N) is 1. The summed E-state index contributed by atoms with van der Waals surface area (Å²) < 4.78 is 0. The second-order valence-corrected chi connectivity index (χ2v) is 8.21. The Labute approximate surface area is 122 Å². The molecule has 0 bridgehead atoms. The lowest BCUT2D eigenvalue weighted by molar-refractivity contribution is 0.284. The van der Waals surface area contributed by atoms with Crippen molar-refractivity contribution < 1.29 is 0 Å². The summed E-state index contributed by atoms with van der Waals surface area (Å²) in [5.74, 6) is 0. The van der Waals surface area contributed by atoms with E-state index in [1.807, 2.05) is 0 Å². The number of hydrogen-bond donors (Lipinski definition) is 1. The van der Waals surface area contributed by atoms with Crippen molar-refractivity contribution in [1.82, 2.24) is 5.32 Å². The lowest BCUT2D eigenvalue weighted by Crippen LogP contribution is -2.51. The normalized spacial score (nSPS) is 33.3. The van der Waals surface area contributed by atoms with Crippen LogP contribution in [0.5, 0.6) is 0 Å². The van der Waals surface area contributed by atoms with Crippen molar-refractivity contribution in [2.75, 3.05) is 0 Å². The molecule has 0 aliphatic heterocycles. The van der Waals surface area contributed by atoms with E-state index in [9.17, 15) is 5.26 Å². The van der Waals surface area contributed by atoms with Gasteiger partial charge in [0.15, 0.2) is 0 Å². The molecule has 0 aromatic carbocycles. The van der Waals surface area contributed by atoms with Crippen LogP contribution in [-0.2, 0) is 0 Å². The Hall–Kier alpha value is -0.200. The number of nitrogens with zero attached hydrogens (tertiary/aromatic N) is 1. The summed E-state index contributed by atoms with van der Waals surface area (Å²) >= 11 is 2.20. The summed E-state index contributed by atoms with van der Waals surface area (Å²) in [4.78, 5) is 0. The van der Waals surface area contributed by atoms with E-state index in [1.54, 1.807) is 0 Å². The van der Waals surface area contributed by atoms with Crippen molar-refractivity contribution in [3.8, 4) is 6.07 Å². The maximum atomic E-state index is 9.59. The molecule has 0 saturated heterocycles. The fraction of sp³-hybridized carbons (Fsp3) is 0.938. The molecular formula is C16H28N2S. The second-order valence-electron chi connectivity index (χ2n) is 6.61. The van der Waals surface area contributed by atoms with Crippen LogP contribution in [0.1, 0.15) is 71.6 Å². The highest BCUT2D eigenvalue weighted by molar-refractivity contribution is 8.00. The lowest BCUT2D eigenvalue weighted by Gasteiger charge is -2.39. The molecule has 19 heavy (non-hydrogen) atoms. The van der Waals surface area contributed by atoms with Gasteiger partial charge < -0.3 is 0 Å². The van der Waals surface area contributed by atoms with E-state index in [2.05, 4.69) is 37.0 Å². The number of hydrogen-bond acceptors (Lipinski definition) is 3. The molecule has 2 aliphatic carbocycles. The molecule has 0 aromatic heterocycles. The van der Waals surface area contributed by atoms with Crippen LogP contribution in [0, 0.1) is 11.3 Å². The van der Waals surface area contributed by atoms with E-state index >= 15 is 0 Å². The maximum absolute atomic E-state index is 9.59. The molecule has 1 N–H and O–H groups in total. The van der Waals surface area contributed by atoms with Gasteiger partial charge in [0.05, 0.1) is 6.07 Å². The van der Waals surface area contributed by atoms with E-state index in [4.69, 9.17) is 0 Å². The average Bonchev–Trinajstić information content (AvgIpc) is 2.39. The van der Waals surface area contributed by atoms with Crippen LogP contribution in [0.25, 0.3) is 0 Å². The molecule has 2 rings (SSSR count). The van der Waals surface area contributed by atoms with Crippen molar-refractivity contribution in [2.45, 2.75) is 93.7 Å². The van der Waals surface area contributed by atoms with Crippen LogP contribution in [-0.4, -0.2) is 22.1 Å². The number of thioether (sulfide) groups is 1. The van der Waals surface area contributed by atoms with Crippen molar-refractivity contribution in [2.24, 2.45) is 0 Å². The zero-order valence-electron chi connectivity index (χ0n) is 12.5. The quantitative estimate of drug-likeness (QED) is 0.836. The van der Waals surface area contributed by atoms with Gasteiger partial charge in [-0.15, -0.1) is 0 Å². The van der Waals surface area contributed by atoms with Gasteiger partial charge in [-0.05, 0) is 52.4 Å². The van der Waals surface area contributed by atoms with Gasteiger partial charge in [0.2, 0.25) is 0 Å².